The van der Waals surface area contributed by atoms with E-state index in [4.69, 9.17) is 0 Å². The summed E-state index contributed by atoms with van der Waals surface area (Å²) in [6.45, 7) is 6.99. The van der Waals surface area contributed by atoms with Gasteiger partial charge in [-0.05, 0) is 69.7 Å². The highest BCUT2D eigenvalue weighted by molar-refractivity contribution is 9.10. The maximum absolute atomic E-state index is 13.8. The van der Waals surface area contributed by atoms with E-state index in [-0.39, 0.29) is 23.4 Å². The van der Waals surface area contributed by atoms with Gasteiger partial charge in [-0.1, -0.05) is 64.0 Å². The van der Waals surface area contributed by atoms with Crippen molar-refractivity contribution >= 4 is 43.5 Å². The molecule has 0 aliphatic carbocycles. The molecule has 0 saturated carbocycles. The van der Waals surface area contributed by atoms with Gasteiger partial charge in [0.25, 0.3) is 10.0 Å². The molecule has 0 unspecified atom stereocenters. The number of hydrogen-bond acceptors (Lipinski definition) is 4. The lowest BCUT2D eigenvalue weighted by Crippen LogP contribution is -2.52. The lowest BCUT2D eigenvalue weighted by molar-refractivity contribution is -0.139. The van der Waals surface area contributed by atoms with E-state index < -0.39 is 28.5 Å². The van der Waals surface area contributed by atoms with E-state index in [2.05, 4.69) is 21.2 Å². The second kappa shape index (κ2) is 12.4. The summed E-state index contributed by atoms with van der Waals surface area (Å²) in [4.78, 5) is 28.2. The van der Waals surface area contributed by atoms with Gasteiger partial charge < -0.3 is 10.2 Å². The maximum Gasteiger partial charge on any atom is 0.264 e. The minimum absolute atomic E-state index is 0.0709. The number of carbonyl (C=O) groups is 2. The Morgan fingerprint density at radius 3 is 2.16 bits per heavy atom. The average Bonchev–Trinajstić information content (AvgIpc) is 2.86. The topological polar surface area (TPSA) is 86.8 Å². The van der Waals surface area contributed by atoms with Crippen molar-refractivity contribution < 1.29 is 18.0 Å². The van der Waals surface area contributed by atoms with E-state index in [1.54, 1.807) is 49.4 Å². The summed E-state index contributed by atoms with van der Waals surface area (Å²) in [5.41, 5.74) is 2.21. The average molecular weight is 587 g/mol. The number of sulfonamides is 1. The number of anilines is 1. The first-order valence-corrected chi connectivity index (χ1v) is 14.2. The summed E-state index contributed by atoms with van der Waals surface area (Å²) in [5.74, 6) is -0.799. The van der Waals surface area contributed by atoms with Gasteiger partial charge in [0.15, 0.2) is 0 Å². The number of carbonyl (C=O) groups excluding carboxylic acids is 2. The predicted octanol–water partition coefficient (Wildman–Crippen LogP) is 4.89. The first-order chi connectivity index (χ1) is 17.5. The smallest absolute Gasteiger partial charge is 0.264 e. The van der Waals surface area contributed by atoms with Crippen LogP contribution in [0.5, 0.6) is 0 Å². The summed E-state index contributed by atoms with van der Waals surface area (Å²) >= 11 is 3.37. The Bertz CT molecular complexity index is 1330. The molecule has 0 heterocycles. The summed E-state index contributed by atoms with van der Waals surface area (Å²) in [5, 5.41) is 2.85. The number of aryl methyl sites for hydroxylation is 1. The molecule has 3 aromatic rings. The van der Waals surface area contributed by atoms with Crippen LogP contribution < -0.4 is 9.62 Å². The van der Waals surface area contributed by atoms with Crippen molar-refractivity contribution in [3.8, 4) is 0 Å². The third kappa shape index (κ3) is 7.42. The molecule has 3 rings (SSSR count). The Kier molecular flexibility index (Phi) is 9.50. The molecular weight excluding hydrogens is 554 g/mol. The van der Waals surface area contributed by atoms with Gasteiger partial charge >= 0.3 is 0 Å². The van der Waals surface area contributed by atoms with Crippen molar-refractivity contribution in [3.63, 3.8) is 0 Å². The highest BCUT2D eigenvalue weighted by atomic mass is 79.9. The van der Waals surface area contributed by atoms with Crippen molar-refractivity contribution in [1.82, 2.24) is 10.2 Å². The number of nitrogens with zero attached hydrogens (tertiary/aromatic N) is 2. The first kappa shape index (κ1) is 28.4. The SMILES string of the molecule is Cc1cccc(CN(C(=O)CN(c2ccc(Br)cc2)S(=O)(=O)c2ccccc2)[C@@H](C)C(=O)NC(C)C)c1. The van der Waals surface area contributed by atoms with Crippen LogP contribution in [0.15, 0.2) is 88.2 Å². The van der Waals surface area contributed by atoms with Gasteiger partial charge in [0, 0.05) is 17.1 Å². The van der Waals surface area contributed by atoms with Gasteiger partial charge in [-0.15, -0.1) is 0 Å². The summed E-state index contributed by atoms with van der Waals surface area (Å²) < 4.78 is 29.3. The Hall–Kier alpha value is -3.17. The van der Waals surface area contributed by atoms with Crippen molar-refractivity contribution in [2.24, 2.45) is 0 Å². The van der Waals surface area contributed by atoms with E-state index in [0.717, 1.165) is 19.9 Å². The fourth-order valence-corrected chi connectivity index (χ4v) is 5.55. The quantitative estimate of drug-likeness (QED) is 0.367. The van der Waals surface area contributed by atoms with Crippen molar-refractivity contribution in [2.45, 2.75) is 51.2 Å². The predicted molar refractivity (Wildman–Crippen MR) is 150 cm³/mol. The van der Waals surface area contributed by atoms with Gasteiger partial charge in [0.05, 0.1) is 10.6 Å². The van der Waals surface area contributed by atoms with Crippen LogP contribution in [0.25, 0.3) is 0 Å². The molecule has 9 heteroatoms. The van der Waals surface area contributed by atoms with Crippen LogP contribution in [-0.4, -0.2) is 43.8 Å². The summed E-state index contributed by atoms with van der Waals surface area (Å²) in [7, 11) is -4.07. The molecule has 0 spiro atoms. The molecule has 37 heavy (non-hydrogen) atoms. The molecule has 0 fully saturated rings. The van der Waals surface area contributed by atoms with Crippen molar-refractivity contribution in [1.29, 1.82) is 0 Å². The van der Waals surface area contributed by atoms with Gasteiger partial charge in [-0.3, -0.25) is 13.9 Å². The van der Waals surface area contributed by atoms with E-state index in [9.17, 15) is 18.0 Å². The lowest BCUT2D eigenvalue weighted by atomic mass is 10.1. The zero-order chi connectivity index (χ0) is 27.2. The number of halogens is 1. The normalized spacial score (nSPS) is 12.2. The Balaban J connectivity index is 2.01. The van der Waals surface area contributed by atoms with Gasteiger partial charge in [0.2, 0.25) is 11.8 Å². The van der Waals surface area contributed by atoms with E-state index >= 15 is 0 Å². The van der Waals surface area contributed by atoms with Gasteiger partial charge in [-0.2, -0.15) is 0 Å². The summed E-state index contributed by atoms with van der Waals surface area (Å²) in [6, 6.07) is 21.4. The van der Waals surface area contributed by atoms with Crippen molar-refractivity contribution in [2.75, 3.05) is 10.8 Å². The minimum Gasteiger partial charge on any atom is -0.352 e. The monoisotopic (exact) mass is 585 g/mol. The third-order valence-electron chi connectivity index (χ3n) is 5.76. The van der Waals surface area contributed by atoms with Gasteiger partial charge in [0.1, 0.15) is 12.6 Å². The Morgan fingerprint density at radius 1 is 0.919 bits per heavy atom. The first-order valence-electron chi connectivity index (χ1n) is 12.0. The van der Waals surface area contributed by atoms with Crippen LogP contribution in [-0.2, 0) is 26.2 Å². The number of hydrogen-bond donors (Lipinski definition) is 1. The minimum atomic E-state index is -4.07. The van der Waals surface area contributed by atoms with Crippen LogP contribution in [0.1, 0.15) is 31.9 Å². The standard InChI is InChI=1S/C28H32BrN3O4S/c1-20(2)30-28(34)22(4)31(18-23-10-8-9-21(3)17-23)27(33)19-32(25-15-13-24(29)14-16-25)37(35,36)26-11-6-5-7-12-26/h5-17,20,22H,18-19H2,1-4H3,(H,30,34)/t22-/m0/s1. The molecule has 0 bridgehead atoms. The highest BCUT2D eigenvalue weighted by Crippen LogP contribution is 2.26. The number of amides is 2. The van der Waals surface area contributed by atoms with Crippen LogP contribution in [0.4, 0.5) is 5.69 Å². The Morgan fingerprint density at radius 2 is 1.57 bits per heavy atom. The molecule has 1 atom stereocenters. The molecule has 0 radical (unpaired) electrons. The molecule has 0 aliphatic heterocycles. The van der Waals surface area contributed by atoms with E-state index in [1.807, 2.05) is 45.0 Å². The fourth-order valence-electron chi connectivity index (χ4n) is 3.85. The molecule has 3 aromatic carbocycles. The second-order valence-corrected chi connectivity index (χ2v) is 11.9. The third-order valence-corrected chi connectivity index (χ3v) is 8.08. The maximum atomic E-state index is 13.8. The lowest BCUT2D eigenvalue weighted by Gasteiger charge is -2.32. The molecule has 0 saturated heterocycles. The van der Waals surface area contributed by atoms with E-state index in [1.165, 1.54) is 17.0 Å². The molecule has 0 aromatic heterocycles. The largest absolute Gasteiger partial charge is 0.352 e. The van der Waals surface area contributed by atoms with Crippen LogP contribution in [0.2, 0.25) is 0 Å². The fraction of sp³-hybridized carbons (Fsp3) is 0.286. The molecule has 196 valence electrons. The summed E-state index contributed by atoms with van der Waals surface area (Å²) in [6.07, 6.45) is 0. The van der Waals surface area contributed by atoms with Crippen LogP contribution in [0, 0.1) is 6.92 Å². The second-order valence-electron chi connectivity index (χ2n) is 9.15. The number of nitrogens with one attached hydrogen (secondary N) is 1. The van der Waals surface area contributed by atoms with Crippen LogP contribution in [0.3, 0.4) is 0 Å². The molecule has 0 aliphatic rings. The Labute approximate surface area is 227 Å². The van der Waals surface area contributed by atoms with Crippen molar-refractivity contribution in [3.05, 3.63) is 94.5 Å². The molecule has 2 amide bonds. The van der Waals surface area contributed by atoms with Gasteiger partial charge in [-0.25, -0.2) is 8.42 Å². The van der Waals surface area contributed by atoms with Crippen LogP contribution >= 0.6 is 15.9 Å². The number of benzene rings is 3. The van der Waals surface area contributed by atoms with E-state index in [0.29, 0.717) is 5.69 Å². The molecular formula is C28H32BrN3O4S. The molecule has 1 N–H and O–H groups in total. The zero-order valence-corrected chi connectivity index (χ0v) is 23.8. The molecule has 7 nitrogen and oxygen atoms in total. The zero-order valence-electron chi connectivity index (χ0n) is 21.4. The highest BCUT2D eigenvalue weighted by Gasteiger charge is 2.32. The number of rotatable bonds is 10.